The Morgan fingerprint density at radius 1 is 1.29 bits per heavy atom. The molecule has 1 rings (SSSR count). The van der Waals surface area contributed by atoms with Crippen molar-refractivity contribution in [3.8, 4) is 11.5 Å². The van der Waals surface area contributed by atoms with Gasteiger partial charge in [-0.15, -0.1) is 0 Å². The molecule has 7 nitrogen and oxygen atoms in total. The van der Waals surface area contributed by atoms with Crippen molar-refractivity contribution in [1.82, 2.24) is 4.72 Å². The number of hydrogen-bond acceptors (Lipinski definition) is 5. The van der Waals surface area contributed by atoms with E-state index in [4.69, 9.17) is 14.6 Å². The van der Waals surface area contributed by atoms with Crippen LogP contribution in [0, 0.1) is 0 Å². The minimum Gasteiger partial charge on any atom is -0.493 e. The van der Waals surface area contributed by atoms with Gasteiger partial charge in [0.05, 0.1) is 14.2 Å². The van der Waals surface area contributed by atoms with Gasteiger partial charge in [-0.1, -0.05) is 6.07 Å². The second-order valence-corrected chi connectivity index (χ2v) is 6.44. The first-order valence-corrected chi connectivity index (χ1v) is 7.78. The number of carboxylic acids is 1. The molecule has 0 spiro atoms. The van der Waals surface area contributed by atoms with Gasteiger partial charge in [0.1, 0.15) is 0 Å². The predicted molar refractivity (Wildman–Crippen MR) is 77.3 cm³/mol. The maximum Gasteiger partial charge on any atom is 0.323 e. The van der Waals surface area contributed by atoms with Gasteiger partial charge in [-0.2, -0.15) is 0 Å². The van der Waals surface area contributed by atoms with Crippen LogP contribution in [-0.4, -0.2) is 45.5 Å². The Morgan fingerprint density at radius 3 is 2.43 bits per heavy atom. The van der Waals surface area contributed by atoms with E-state index < -0.39 is 21.2 Å². The number of methoxy groups -OCH3 is 2. The first kappa shape index (κ1) is 17.3. The zero-order valence-electron chi connectivity index (χ0n) is 12.1. The Hall–Kier alpha value is -1.80. The van der Waals surface area contributed by atoms with Gasteiger partial charge in [-0.3, -0.25) is 4.79 Å². The largest absolute Gasteiger partial charge is 0.493 e. The number of nitrogens with one attached hydrogen (secondary N) is 1. The molecular formula is C13H19NO6S. The summed E-state index contributed by atoms with van der Waals surface area (Å²) in [5, 5.41) is 7.23. The standard InChI is InChI=1S/C13H19NO6S/c1-9(13(15)16)21(17,18)14-7-6-10-4-5-11(19-2)12(8-10)20-3/h4-5,8-9,14H,6-7H2,1-3H3,(H,15,16). The molecule has 8 heteroatoms. The fourth-order valence-electron chi connectivity index (χ4n) is 1.63. The summed E-state index contributed by atoms with van der Waals surface area (Å²) in [6.45, 7) is 1.23. The quantitative estimate of drug-likeness (QED) is 0.729. The van der Waals surface area contributed by atoms with Crippen molar-refractivity contribution in [3.63, 3.8) is 0 Å². The van der Waals surface area contributed by atoms with Gasteiger partial charge in [0, 0.05) is 6.54 Å². The monoisotopic (exact) mass is 317 g/mol. The molecule has 1 aromatic carbocycles. The molecule has 0 fully saturated rings. The lowest BCUT2D eigenvalue weighted by molar-refractivity contribution is -0.136. The van der Waals surface area contributed by atoms with Crippen LogP contribution in [0.3, 0.4) is 0 Å². The molecule has 0 aliphatic carbocycles. The molecule has 21 heavy (non-hydrogen) atoms. The van der Waals surface area contributed by atoms with Gasteiger partial charge in [-0.25, -0.2) is 13.1 Å². The highest BCUT2D eigenvalue weighted by molar-refractivity contribution is 7.90. The molecule has 0 aliphatic heterocycles. The third kappa shape index (κ3) is 4.61. The van der Waals surface area contributed by atoms with Crippen molar-refractivity contribution < 1.29 is 27.8 Å². The Kier molecular flexibility index (Phi) is 5.98. The van der Waals surface area contributed by atoms with Crippen LogP contribution in [0.4, 0.5) is 0 Å². The van der Waals surface area contributed by atoms with Crippen LogP contribution >= 0.6 is 0 Å². The average Bonchev–Trinajstić information content (AvgIpc) is 2.45. The highest BCUT2D eigenvalue weighted by Gasteiger charge is 2.26. The van der Waals surface area contributed by atoms with Crippen molar-refractivity contribution in [2.24, 2.45) is 0 Å². The van der Waals surface area contributed by atoms with E-state index in [0.29, 0.717) is 17.9 Å². The lowest BCUT2D eigenvalue weighted by Gasteiger charge is -2.11. The fourth-order valence-corrected chi connectivity index (χ4v) is 2.53. The first-order valence-electron chi connectivity index (χ1n) is 6.24. The second-order valence-electron chi connectivity index (χ2n) is 4.36. The van der Waals surface area contributed by atoms with Crippen molar-refractivity contribution >= 4 is 16.0 Å². The van der Waals surface area contributed by atoms with Crippen molar-refractivity contribution in [1.29, 1.82) is 0 Å². The van der Waals surface area contributed by atoms with Crippen LogP contribution in [0.1, 0.15) is 12.5 Å². The number of rotatable bonds is 8. The molecule has 1 aromatic rings. The van der Waals surface area contributed by atoms with E-state index in [1.165, 1.54) is 14.2 Å². The number of hydrogen-bond donors (Lipinski definition) is 2. The average molecular weight is 317 g/mol. The van der Waals surface area contributed by atoms with E-state index in [1.54, 1.807) is 18.2 Å². The smallest absolute Gasteiger partial charge is 0.323 e. The van der Waals surface area contributed by atoms with Crippen molar-refractivity contribution in [3.05, 3.63) is 23.8 Å². The number of carbonyl (C=O) groups is 1. The number of aliphatic carboxylic acids is 1. The Bertz CT molecular complexity index is 599. The van der Waals surface area contributed by atoms with Crippen LogP contribution < -0.4 is 14.2 Å². The summed E-state index contributed by atoms with van der Waals surface area (Å²) in [4.78, 5) is 10.7. The highest BCUT2D eigenvalue weighted by Crippen LogP contribution is 2.27. The van der Waals surface area contributed by atoms with Crippen LogP contribution in [-0.2, 0) is 21.2 Å². The minimum absolute atomic E-state index is 0.107. The molecule has 0 aromatic heterocycles. The van der Waals surface area contributed by atoms with Gasteiger partial charge in [0.15, 0.2) is 16.7 Å². The Morgan fingerprint density at radius 2 is 1.90 bits per heavy atom. The van der Waals surface area contributed by atoms with Gasteiger partial charge in [-0.05, 0) is 31.0 Å². The van der Waals surface area contributed by atoms with Gasteiger partial charge < -0.3 is 14.6 Å². The van der Waals surface area contributed by atoms with Crippen molar-refractivity contribution in [2.75, 3.05) is 20.8 Å². The molecule has 0 amide bonds. The lowest BCUT2D eigenvalue weighted by atomic mass is 10.1. The summed E-state index contributed by atoms with van der Waals surface area (Å²) >= 11 is 0. The van der Waals surface area contributed by atoms with E-state index in [2.05, 4.69) is 4.72 Å². The number of carboxylic acid groups (broad SMARTS) is 1. The second kappa shape index (κ2) is 7.28. The van der Waals surface area contributed by atoms with Crippen LogP contribution in [0.25, 0.3) is 0 Å². The van der Waals surface area contributed by atoms with E-state index >= 15 is 0 Å². The summed E-state index contributed by atoms with van der Waals surface area (Å²) in [6.07, 6.45) is 0.409. The maximum absolute atomic E-state index is 11.6. The van der Waals surface area contributed by atoms with Gasteiger partial charge in [0.2, 0.25) is 10.0 Å². The molecule has 0 aliphatic rings. The highest BCUT2D eigenvalue weighted by atomic mass is 32.2. The maximum atomic E-state index is 11.6. The molecule has 0 saturated carbocycles. The molecule has 1 unspecified atom stereocenters. The van der Waals surface area contributed by atoms with E-state index in [-0.39, 0.29) is 6.54 Å². The molecule has 1 atom stereocenters. The Balaban J connectivity index is 2.66. The fraction of sp³-hybridized carbons (Fsp3) is 0.462. The summed E-state index contributed by atoms with van der Waals surface area (Å²) < 4.78 is 35.8. The topological polar surface area (TPSA) is 102 Å². The van der Waals surface area contributed by atoms with E-state index in [0.717, 1.165) is 12.5 Å². The van der Waals surface area contributed by atoms with Crippen LogP contribution in [0.2, 0.25) is 0 Å². The van der Waals surface area contributed by atoms with Crippen LogP contribution in [0.15, 0.2) is 18.2 Å². The lowest BCUT2D eigenvalue weighted by Crippen LogP contribution is -2.38. The zero-order chi connectivity index (χ0) is 16.0. The summed E-state index contributed by atoms with van der Waals surface area (Å²) in [6, 6.07) is 5.26. The molecule has 0 heterocycles. The molecule has 0 bridgehead atoms. The summed E-state index contributed by atoms with van der Waals surface area (Å²) in [5.41, 5.74) is 0.846. The number of benzene rings is 1. The first-order chi connectivity index (χ1) is 9.81. The van der Waals surface area contributed by atoms with E-state index in [9.17, 15) is 13.2 Å². The predicted octanol–water partition coefficient (Wildman–Crippen LogP) is 0.639. The number of sulfonamides is 1. The molecule has 0 saturated heterocycles. The van der Waals surface area contributed by atoms with Crippen molar-refractivity contribution in [2.45, 2.75) is 18.6 Å². The SMILES string of the molecule is COc1ccc(CCNS(=O)(=O)C(C)C(=O)O)cc1OC. The van der Waals surface area contributed by atoms with Crippen LogP contribution in [0.5, 0.6) is 11.5 Å². The van der Waals surface area contributed by atoms with Gasteiger partial charge >= 0.3 is 5.97 Å². The molecule has 118 valence electrons. The minimum atomic E-state index is -3.86. The van der Waals surface area contributed by atoms with E-state index in [1.807, 2.05) is 0 Å². The van der Waals surface area contributed by atoms with Gasteiger partial charge in [0.25, 0.3) is 0 Å². The molecular weight excluding hydrogens is 298 g/mol. The molecule has 2 N–H and O–H groups in total. The zero-order valence-corrected chi connectivity index (χ0v) is 12.9. The normalized spacial score (nSPS) is 12.7. The Labute approximate surface area is 123 Å². The number of ether oxygens (including phenoxy) is 2. The third-order valence-electron chi connectivity index (χ3n) is 2.98. The third-order valence-corrected chi connectivity index (χ3v) is 4.72. The summed E-state index contributed by atoms with van der Waals surface area (Å²) in [7, 11) is -0.824. The summed E-state index contributed by atoms with van der Waals surface area (Å²) in [5.74, 6) is -0.244. The molecule has 0 radical (unpaired) electrons.